The van der Waals surface area contributed by atoms with Gasteiger partial charge in [0.15, 0.2) is 0 Å². The van der Waals surface area contributed by atoms with E-state index in [9.17, 15) is 5.11 Å². The van der Waals surface area contributed by atoms with Gasteiger partial charge in [-0.2, -0.15) is 0 Å². The van der Waals surface area contributed by atoms with Crippen molar-refractivity contribution in [3.63, 3.8) is 0 Å². The maximum atomic E-state index is 10.00. The van der Waals surface area contributed by atoms with Crippen molar-refractivity contribution < 1.29 is 9.84 Å². The molecule has 0 aromatic heterocycles. The molecule has 2 aromatic carbocycles. The summed E-state index contributed by atoms with van der Waals surface area (Å²) in [5, 5.41) is 13.0. The fourth-order valence-corrected chi connectivity index (χ4v) is 7.11. The molecule has 0 bridgehead atoms. The van der Waals surface area contributed by atoms with Crippen LogP contribution in [-0.4, -0.2) is 41.5 Å². The van der Waals surface area contributed by atoms with Crippen LogP contribution in [0.1, 0.15) is 18.4 Å². The summed E-state index contributed by atoms with van der Waals surface area (Å²) in [6, 6.07) is 17.5. The summed E-state index contributed by atoms with van der Waals surface area (Å²) in [6.07, 6.45) is 8.71. The van der Waals surface area contributed by atoms with Gasteiger partial charge in [0.2, 0.25) is 0 Å². The molecule has 2 heterocycles. The van der Waals surface area contributed by atoms with Gasteiger partial charge in [0, 0.05) is 28.5 Å². The van der Waals surface area contributed by atoms with Gasteiger partial charge in [-0.1, -0.05) is 42.5 Å². The molecule has 31 heavy (non-hydrogen) atoms. The smallest absolute Gasteiger partial charge is 0.119 e. The van der Waals surface area contributed by atoms with Crippen LogP contribution in [0, 0.1) is 11.8 Å². The van der Waals surface area contributed by atoms with Crippen LogP contribution < -0.4 is 15.2 Å². The molecule has 3 nitrogen and oxygen atoms in total. The van der Waals surface area contributed by atoms with Gasteiger partial charge in [0.25, 0.3) is 0 Å². The third kappa shape index (κ3) is 3.42. The number of hydrogen-bond acceptors (Lipinski definition) is 4. The van der Waals surface area contributed by atoms with Crippen molar-refractivity contribution in [2.24, 2.45) is 11.8 Å². The summed E-state index contributed by atoms with van der Waals surface area (Å²) < 4.78 is 6.03. The third-order valence-corrected chi connectivity index (χ3v) is 8.42. The Labute approximate surface area is 187 Å². The van der Waals surface area contributed by atoms with Crippen molar-refractivity contribution in [1.29, 1.82) is 0 Å². The number of hydrogen-bond donors (Lipinski definition) is 1. The molecule has 2 aliphatic heterocycles. The number of likely N-dealkylation sites (tertiary alicyclic amines) is 1. The molecule has 4 aliphatic rings. The number of fused-ring (bicyclic) bond motifs is 4. The first-order valence-electron chi connectivity index (χ1n) is 11.3. The first-order chi connectivity index (χ1) is 15.3. The van der Waals surface area contributed by atoms with E-state index < -0.39 is 0 Å². The number of thioether (sulfide) groups is 1. The molecule has 4 heteroatoms. The lowest BCUT2D eigenvalue weighted by atomic mass is 9.80. The normalized spacial score (nSPS) is 26.6. The molecular formula is C27H27NO2S. The van der Waals surface area contributed by atoms with E-state index in [2.05, 4.69) is 59.5 Å². The second-order valence-electron chi connectivity index (χ2n) is 8.83. The van der Waals surface area contributed by atoms with Gasteiger partial charge in [-0.15, -0.1) is 11.8 Å². The third-order valence-electron chi connectivity index (χ3n) is 6.97. The Morgan fingerprint density at radius 2 is 1.77 bits per heavy atom. The van der Waals surface area contributed by atoms with Crippen molar-refractivity contribution in [3.05, 3.63) is 88.5 Å². The monoisotopic (exact) mass is 429 g/mol. The zero-order valence-corrected chi connectivity index (χ0v) is 18.4. The fourth-order valence-electron chi connectivity index (χ4n) is 5.48. The van der Waals surface area contributed by atoms with Gasteiger partial charge in [-0.05, 0) is 71.8 Å². The van der Waals surface area contributed by atoms with E-state index in [0.717, 1.165) is 18.9 Å². The predicted molar refractivity (Wildman–Crippen MR) is 127 cm³/mol. The summed E-state index contributed by atoms with van der Waals surface area (Å²) in [7, 11) is 0. The highest BCUT2D eigenvalue weighted by molar-refractivity contribution is 8.09. The van der Waals surface area contributed by atoms with Crippen LogP contribution in [0.2, 0.25) is 0 Å². The zero-order valence-electron chi connectivity index (χ0n) is 17.5. The lowest BCUT2D eigenvalue weighted by molar-refractivity contribution is 0.238. The van der Waals surface area contributed by atoms with Gasteiger partial charge in [-0.25, -0.2) is 0 Å². The highest BCUT2D eigenvalue weighted by Gasteiger charge is 2.44. The van der Waals surface area contributed by atoms with E-state index in [1.54, 1.807) is 0 Å². The minimum atomic E-state index is 0.307. The van der Waals surface area contributed by atoms with Crippen LogP contribution in [0.4, 0.5) is 0 Å². The van der Waals surface area contributed by atoms with E-state index in [4.69, 9.17) is 4.74 Å². The number of aliphatic hydroxyl groups excluding tert-OH is 1. The van der Waals surface area contributed by atoms with Gasteiger partial charge in [-0.3, -0.25) is 4.90 Å². The maximum absolute atomic E-state index is 10.00. The topological polar surface area (TPSA) is 32.7 Å². The average Bonchev–Trinajstić information content (AvgIpc) is 3.50. The molecule has 158 valence electrons. The minimum absolute atomic E-state index is 0.307. The molecule has 2 aliphatic carbocycles. The minimum Gasteiger partial charge on any atom is -0.508 e. The number of nitrogens with zero attached hydrogens (tertiary/aromatic N) is 1. The highest BCUT2D eigenvalue weighted by atomic mass is 32.2. The Balaban J connectivity index is 1.29. The van der Waals surface area contributed by atoms with Gasteiger partial charge < -0.3 is 9.84 Å². The number of benzene rings is 2. The molecule has 2 aromatic rings. The van der Waals surface area contributed by atoms with Crippen LogP contribution >= 0.6 is 11.8 Å². The number of rotatable bonds is 5. The molecule has 2 fully saturated rings. The van der Waals surface area contributed by atoms with Crippen LogP contribution in [-0.2, 0) is 0 Å². The van der Waals surface area contributed by atoms with E-state index in [1.165, 1.54) is 52.4 Å². The van der Waals surface area contributed by atoms with Gasteiger partial charge in [0.05, 0.1) is 0 Å². The Bertz CT molecular complexity index is 1170. The number of aliphatic hydroxyl groups is 1. The average molecular weight is 430 g/mol. The molecular weight excluding hydrogens is 402 g/mol. The molecule has 3 unspecified atom stereocenters. The van der Waals surface area contributed by atoms with E-state index in [-0.39, 0.29) is 0 Å². The highest BCUT2D eigenvalue weighted by Crippen LogP contribution is 2.55. The Hall–Kier alpha value is -2.43. The van der Waals surface area contributed by atoms with E-state index >= 15 is 0 Å². The molecule has 3 atom stereocenters. The molecule has 6 rings (SSSR count). The molecule has 0 saturated carbocycles. The maximum Gasteiger partial charge on any atom is 0.119 e. The number of ether oxygens (including phenoxy) is 1. The summed E-state index contributed by atoms with van der Waals surface area (Å²) in [4.78, 5) is 3.93. The molecule has 1 N–H and O–H groups in total. The van der Waals surface area contributed by atoms with E-state index in [1.807, 2.05) is 23.9 Å². The van der Waals surface area contributed by atoms with Crippen molar-refractivity contribution >= 4 is 22.2 Å². The van der Waals surface area contributed by atoms with Crippen molar-refractivity contribution in [2.75, 3.05) is 26.2 Å². The lowest BCUT2D eigenvalue weighted by Gasteiger charge is -2.23. The van der Waals surface area contributed by atoms with Crippen LogP contribution in [0.3, 0.4) is 0 Å². The number of allylic oxidation sites excluding steroid dienone is 2. The lowest BCUT2D eigenvalue weighted by Crippen LogP contribution is -2.25. The fraction of sp³-hybridized carbons (Fsp3) is 0.333. The first-order valence-corrected chi connectivity index (χ1v) is 12.2. The van der Waals surface area contributed by atoms with Gasteiger partial charge >= 0.3 is 0 Å². The van der Waals surface area contributed by atoms with Crippen molar-refractivity contribution in [3.8, 4) is 5.75 Å². The Kier molecular flexibility index (Phi) is 4.92. The standard InChI is InChI=1S/C27H27NO2S/c29-19-9-12-23-24(17-19)31-27-22-6-2-1-5-21(22)25(26(23)27)18-7-10-20(11-8-18)30-16-15-28-13-3-4-14-28/h1-2,5-12,17,23-24,26,29H,3-4,13-16H2. The van der Waals surface area contributed by atoms with Crippen molar-refractivity contribution in [1.82, 2.24) is 4.90 Å². The van der Waals surface area contributed by atoms with Gasteiger partial charge in [0.1, 0.15) is 18.1 Å². The second-order valence-corrected chi connectivity index (χ2v) is 10.1. The predicted octanol–water partition coefficient (Wildman–Crippen LogP) is 3.84. The molecule has 2 saturated heterocycles. The van der Waals surface area contributed by atoms with E-state index in [0.29, 0.717) is 22.8 Å². The zero-order chi connectivity index (χ0) is 20.8. The second kappa shape index (κ2) is 7.92. The summed E-state index contributed by atoms with van der Waals surface area (Å²) in [5.74, 6) is 2.08. The summed E-state index contributed by atoms with van der Waals surface area (Å²) in [5.41, 5.74) is 2.68. The molecule has 0 amide bonds. The molecule has 0 spiro atoms. The summed E-state index contributed by atoms with van der Waals surface area (Å²) >= 11 is 1.92. The quantitative estimate of drug-likeness (QED) is 0.783. The first kappa shape index (κ1) is 19.3. The van der Waals surface area contributed by atoms with Crippen LogP contribution in [0.25, 0.3) is 10.5 Å². The summed E-state index contributed by atoms with van der Waals surface area (Å²) in [6.45, 7) is 4.18. The Morgan fingerprint density at radius 3 is 2.58 bits per heavy atom. The van der Waals surface area contributed by atoms with Crippen LogP contribution in [0.5, 0.6) is 5.75 Å². The largest absolute Gasteiger partial charge is 0.508 e. The van der Waals surface area contributed by atoms with Crippen LogP contribution in [0.15, 0.2) is 72.5 Å². The van der Waals surface area contributed by atoms with Crippen molar-refractivity contribution in [2.45, 2.75) is 18.1 Å². The SMILES string of the molecule is OC1=CC2SC3=c4ccccc4=C(c4ccc(OCCN5CCCC5)cc4)C3C2C=C1. The Morgan fingerprint density at radius 1 is 1.00 bits per heavy atom. The molecule has 0 radical (unpaired) electrons.